The van der Waals surface area contributed by atoms with Crippen molar-refractivity contribution in [3.63, 3.8) is 0 Å². The van der Waals surface area contributed by atoms with Crippen LogP contribution in [0.4, 0.5) is 10.1 Å². The summed E-state index contributed by atoms with van der Waals surface area (Å²) < 4.78 is 18.4. The van der Waals surface area contributed by atoms with E-state index < -0.39 is 11.8 Å². The van der Waals surface area contributed by atoms with E-state index in [0.717, 1.165) is 6.07 Å². The smallest absolute Gasteiger partial charge is 0.337 e. The Kier molecular flexibility index (Phi) is 4.73. The van der Waals surface area contributed by atoms with Crippen LogP contribution in [-0.2, 0) is 0 Å². The number of methoxy groups -OCH3 is 1. The van der Waals surface area contributed by atoms with Crippen LogP contribution in [0.25, 0.3) is 0 Å². The molecule has 5 nitrogen and oxygen atoms in total. The first-order valence-electron chi connectivity index (χ1n) is 6.46. The standard InChI is InChI=1S/C16H14FNO4/c1-22-15-7-6-10(8-12(15)17)14(19)9-18-13-5-3-2-4-11(13)16(20)21/h2-8,18H,9H2,1H3,(H,20,21). The maximum Gasteiger partial charge on any atom is 0.337 e. The van der Waals surface area contributed by atoms with Crippen LogP contribution >= 0.6 is 0 Å². The van der Waals surface area contributed by atoms with Crippen LogP contribution in [-0.4, -0.2) is 30.5 Å². The molecule has 0 amide bonds. The molecule has 0 saturated carbocycles. The van der Waals surface area contributed by atoms with Gasteiger partial charge in [0.15, 0.2) is 17.3 Å². The fraction of sp³-hybridized carbons (Fsp3) is 0.125. The van der Waals surface area contributed by atoms with E-state index in [1.54, 1.807) is 18.2 Å². The van der Waals surface area contributed by atoms with E-state index in [4.69, 9.17) is 9.84 Å². The predicted octanol–water partition coefficient (Wildman–Crippen LogP) is 2.83. The third-order valence-electron chi connectivity index (χ3n) is 3.07. The summed E-state index contributed by atoms with van der Waals surface area (Å²) in [5, 5.41) is 11.8. The molecule has 0 unspecified atom stereocenters. The molecule has 0 aliphatic heterocycles. The first-order chi connectivity index (χ1) is 10.5. The van der Waals surface area contributed by atoms with Gasteiger partial charge in [-0.2, -0.15) is 0 Å². The van der Waals surface area contributed by atoms with Gasteiger partial charge in [-0.05, 0) is 30.3 Å². The van der Waals surface area contributed by atoms with Gasteiger partial charge in [0.1, 0.15) is 0 Å². The number of carbonyl (C=O) groups is 2. The van der Waals surface area contributed by atoms with Gasteiger partial charge >= 0.3 is 5.97 Å². The van der Waals surface area contributed by atoms with Crippen LogP contribution in [0.1, 0.15) is 20.7 Å². The Balaban J connectivity index is 2.10. The number of hydrogen-bond acceptors (Lipinski definition) is 4. The lowest BCUT2D eigenvalue weighted by Gasteiger charge is -2.09. The summed E-state index contributed by atoms with van der Waals surface area (Å²) in [6.07, 6.45) is 0. The summed E-state index contributed by atoms with van der Waals surface area (Å²) in [4.78, 5) is 23.1. The van der Waals surface area contributed by atoms with Gasteiger partial charge in [-0.3, -0.25) is 4.79 Å². The molecule has 0 fully saturated rings. The molecule has 22 heavy (non-hydrogen) atoms. The first kappa shape index (κ1) is 15.5. The lowest BCUT2D eigenvalue weighted by atomic mass is 10.1. The Morgan fingerprint density at radius 2 is 1.95 bits per heavy atom. The largest absolute Gasteiger partial charge is 0.494 e. The van der Waals surface area contributed by atoms with E-state index in [9.17, 15) is 14.0 Å². The zero-order valence-corrected chi connectivity index (χ0v) is 11.8. The zero-order valence-electron chi connectivity index (χ0n) is 11.8. The Hall–Kier alpha value is -2.89. The molecule has 114 valence electrons. The van der Waals surface area contributed by atoms with Crippen molar-refractivity contribution in [2.75, 3.05) is 19.0 Å². The number of nitrogens with one attached hydrogen (secondary N) is 1. The molecule has 2 N–H and O–H groups in total. The topological polar surface area (TPSA) is 75.6 Å². The molecule has 0 aliphatic carbocycles. The fourth-order valence-electron chi connectivity index (χ4n) is 1.94. The van der Waals surface area contributed by atoms with Gasteiger partial charge in [-0.1, -0.05) is 12.1 Å². The zero-order chi connectivity index (χ0) is 16.1. The second kappa shape index (κ2) is 6.71. The number of benzene rings is 2. The molecule has 0 aliphatic rings. The lowest BCUT2D eigenvalue weighted by molar-refractivity contribution is 0.0697. The van der Waals surface area contributed by atoms with Crippen LogP contribution in [0.3, 0.4) is 0 Å². The highest BCUT2D eigenvalue weighted by Gasteiger charge is 2.12. The van der Waals surface area contributed by atoms with Crippen molar-refractivity contribution in [2.45, 2.75) is 0 Å². The number of ketones is 1. The predicted molar refractivity (Wildman–Crippen MR) is 79.2 cm³/mol. The van der Waals surface area contributed by atoms with Crippen molar-refractivity contribution < 1.29 is 23.8 Å². The van der Waals surface area contributed by atoms with Gasteiger partial charge in [-0.15, -0.1) is 0 Å². The summed E-state index contributed by atoms with van der Waals surface area (Å²) >= 11 is 0. The minimum Gasteiger partial charge on any atom is -0.494 e. The van der Waals surface area contributed by atoms with Crippen molar-refractivity contribution in [3.05, 3.63) is 59.4 Å². The van der Waals surface area contributed by atoms with E-state index in [0.29, 0.717) is 5.69 Å². The van der Waals surface area contributed by atoms with Gasteiger partial charge in [0, 0.05) is 11.3 Å². The third-order valence-corrected chi connectivity index (χ3v) is 3.07. The molecule has 0 spiro atoms. The Labute approximate surface area is 126 Å². The van der Waals surface area contributed by atoms with Crippen molar-refractivity contribution in [1.29, 1.82) is 0 Å². The summed E-state index contributed by atoms with van der Waals surface area (Å²) in [6.45, 7) is -0.143. The van der Waals surface area contributed by atoms with Crippen LogP contribution in [0.2, 0.25) is 0 Å². The molecule has 0 atom stereocenters. The lowest BCUT2D eigenvalue weighted by Crippen LogP contribution is -2.16. The highest BCUT2D eigenvalue weighted by Crippen LogP contribution is 2.19. The number of rotatable bonds is 6. The van der Waals surface area contributed by atoms with Crippen molar-refractivity contribution in [2.24, 2.45) is 0 Å². The molecule has 0 saturated heterocycles. The molecular formula is C16H14FNO4. The van der Waals surface area contributed by atoms with Gasteiger partial charge in [0.25, 0.3) is 0 Å². The average Bonchev–Trinajstić information content (AvgIpc) is 2.52. The number of Topliss-reactive ketones (excluding diaryl/α,β-unsaturated/α-hetero) is 1. The molecule has 6 heteroatoms. The van der Waals surface area contributed by atoms with E-state index in [-0.39, 0.29) is 29.2 Å². The number of aromatic carboxylic acids is 1. The molecule has 0 heterocycles. The minimum absolute atomic E-state index is 0.0562. The Morgan fingerprint density at radius 1 is 1.23 bits per heavy atom. The molecule has 0 radical (unpaired) electrons. The summed E-state index contributed by atoms with van der Waals surface area (Å²) in [7, 11) is 1.34. The Bertz CT molecular complexity index is 715. The van der Waals surface area contributed by atoms with Crippen LogP contribution < -0.4 is 10.1 Å². The molecule has 2 aromatic carbocycles. The minimum atomic E-state index is -1.09. The highest BCUT2D eigenvalue weighted by atomic mass is 19.1. The van der Waals surface area contributed by atoms with Crippen molar-refractivity contribution in [3.8, 4) is 5.75 Å². The number of hydrogen-bond donors (Lipinski definition) is 2. The van der Waals surface area contributed by atoms with E-state index in [2.05, 4.69) is 5.32 Å². The maximum atomic E-state index is 13.6. The highest BCUT2D eigenvalue weighted by molar-refractivity contribution is 6.00. The summed E-state index contributed by atoms with van der Waals surface area (Å²) in [5.41, 5.74) is 0.576. The average molecular weight is 303 g/mol. The van der Waals surface area contributed by atoms with Gasteiger partial charge < -0.3 is 15.2 Å². The summed E-state index contributed by atoms with van der Waals surface area (Å²) in [5.74, 6) is -2.02. The monoisotopic (exact) mass is 303 g/mol. The number of carbonyl (C=O) groups excluding carboxylic acids is 1. The molecular weight excluding hydrogens is 289 g/mol. The van der Waals surface area contributed by atoms with Gasteiger partial charge in [-0.25, -0.2) is 9.18 Å². The van der Waals surface area contributed by atoms with Crippen LogP contribution in [0, 0.1) is 5.82 Å². The fourth-order valence-corrected chi connectivity index (χ4v) is 1.94. The number of halogens is 1. The van der Waals surface area contributed by atoms with Crippen molar-refractivity contribution >= 4 is 17.4 Å². The Morgan fingerprint density at radius 3 is 2.59 bits per heavy atom. The second-order valence-corrected chi connectivity index (χ2v) is 4.48. The molecule has 2 rings (SSSR count). The molecule has 0 aromatic heterocycles. The van der Waals surface area contributed by atoms with Crippen LogP contribution in [0.15, 0.2) is 42.5 Å². The van der Waals surface area contributed by atoms with E-state index in [1.165, 1.54) is 25.3 Å². The number of ether oxygens (including phenoxy) is 1. The summed E-state index contributed by atoms with van der Waals surface area (Å²) in [6, 6.07) is 10.2. The second-order valence-electron chi connectivity index (χ2n) is 4.48. The third kappa shape index (κ3) is 3.41. The number of carboxylic acids is 1. The van der Waals surface area contributed by atoms with Gasteiger partial charge in [0.05, 0.1) is 19.2 Å². The SMILES string of the molecule is COc1ccc(C(=O)CNc2ccccc2C(=O)O)cc1F. The van der Waals surface area contributed by atoms with E-state index >= 15 is 0 Å². The quantitative estimate of drug-likeness (QED) is 0.803. The number of para-hydroxylation sites is 1. The maximum absolute atomic E-state index is 13.6. The first-order valence-corrected chi connectivity index (χ1v) is 6.46. The number of anilines is 1. The number of carboxylic acid groups (broad SMARTS) is 1. The van der Waals surface area contributed by atoms with Crippen LogP contribution in [0.5, 0.6) is 5.75 Å². The van der Waals surface area contributed by atoms with Gasteiger partial charge in [0.2, 0.25) is 0 Å². The normalized spacial score (nSPS) is 10.1. The molecule has 0 bridgehead atoms. The van der Waals surface area contributed by atoms with Crippen molar-refractivity contribution in [1.82, 2.24) is 0 Å². The van der Waals surface area contributed by atoms with E-state index in [1.807, 2.05) is 0 Å². The molecule has 2 aromatic rings.